The van der Waals surface area contributed by atoms with Crippen LogP contribution in [0.15, 0.2) is 45.8 Å². The minimum Gasteiger partial charge on any atom is -0.360 e. The number of aryl methyl sites for hydroxylation is 4. The van der Waals surface area contributed by atoms with E-state index in [1.807, 2.05) is 6.92 Å². The molecule has 6 nitrogen and oxygen atoms in total. The number of nitrogens with zero attached hydrogens (tertiary/aromatic N) is 3. The zero-order chi connectivity index (χ0) is 22.2. The lowest BCUT2D eigenvalue weighted by Gasteiger charge is -2.31. The first-order valence-corrected chi connectivity index (χ1v) is 12.1. The lowest BCUT2D eigenvalue weighted by atomic mass is 9.93. The Labute approximate surface area is 184 Å². The van der Waals surface area contributed by atoms with E-state index >= 15 is 0 Å². The molecule has 1 fully saturated rings. The van der Waals surface area contributed by atoms with Gasteiger partial charge in [0.25, 0.3) is 0 Å². The second-order valence-corrected chi connectivity index (χ2v) is 10.4. The van der Waals surface area contributed by atoms with Gasteiger partial charge in [-0.05, 0) is 75.8 Å². The molecule has 1 saturated heterocycles. The van der Waals surface area contributed by atoms with E-state index < -0.39 is 10.0 Å². The van der Waals surface area contributed by atoms with Gasteiger partial charge in [-0.3, -0.25) is 4.98 Å². The SMILES string of the molecule is Cc1cc(Cc2ccccc2C)cc([C@@H]2CCCN(S(=O)(=O)c3c(C)noc3C)C2)n1. The third kappa shape index (κ3) is 4.43. The molecule has 1 atom stereocenters. The van der Waals surface area contributed by atoms with Crippen LogP contribution >= 0.6 is 0 Å². The van der Waals surface area contributed by atoms with E-state index in [1.165, 1.54) is 16.7 Å². The normalized spacial score (nSPS) is 17.7. The molecule has 4 rings (SSSR count). The van der Waals surface area contributed by atoms with Crippen LogP contribution in [0.3, 0.4) is 0 Å². The van der Waals surface area contributed by atoms with Gasteiger partial charge in [0.1, 0.15) is 10.6 Å². The van der Waals surface area contributed by atoms with Crippen molar-refractivity contribution in [3.8, 4) is 0 Å². The zero-order valence-electron chi connectivity index (χ0n) is 18.6. The van der Waals surface area contributed by atoms with Crippen LogP contribution in [0.25, 0.3) is 0 Å². The number of pyridine rings is 1. The van der Waals surface area contributed by atoms with Crippen molar-refractivity contribution in [2.75, 3.05) is 13.1 Å². The maximum atomic E-state index is 13.3. The summed E-state index contributed by atoms with van der Waals surface area (Å²) >= 11 is 0. The van der Waals surface area contributed by atoms with Gasteiger partial charge in [0.05, 0.1) is 0 Å². The van der Waals surface area contributed by atoms with Gasteiger partial charge >= 0.3 is 0 Å². The van der Waals surface area contributed by atoms with Gasteiger partial charge in [-0.1, -0.05) is 29.4 Å². The van der Waals surface area contributed by atoms with E-state index in [1.54, 1.807) is 18.2 Å². The molecular weight excluding hydrogens is 410 g/mol. The van der Waals surface area contributed by atoms with Gasteiger partial charge in [-0.15, -0.1) is 0 Å². The molecule has 0 aliphatic carbocycles. The van der Waals surface area contributed by atoms with Gasteiger partial charge in [0.2, 0.25) is 10.0 Å². The zero-order valence-corrected chi connectivity index (χ0v) is 19.4. The number of hydrogen-bond acceptors (Lipinski definition) is 5. The van der Waals surface area contributed by atoms with E-state index in [0.717, 1.165) is 30.7 Å². The van der Waals surface area contributed by atoms with Gasteiger partial charge in [-0.25, -0.2) is 8.42 Å². The number of benzene rings is 1. The van der Waals surface area contributed by atoms with Crippen molar-refractivity contribution in [3.63, 3.8) is 0 Å². The lowest BCUT2D eigenvalue weighted by molar-refractivity contribution is 0.311. The summed E-state index contributed by atoms with van der Waals surface area (Å²) in [5.41, 5.74) is 6.13. The van der Waals surface area contributed by atoms with Crippen molar-refractivity contribution in [1.82, 2.24) is 14.4 Å². The van der Waals surface area contributed by atoms with Crippen LogP contribution in [0.2, 0.25) is 0 Å². The van der Waals surface area contributed by atoms with Crippen LogP contribution in [0.1, 0.15) is 58.3 Å². The Morgan fingerprint density at radius 1 is 1.13 bits per heavy atom. The maximum Gasteiger partial charge on any atom is 0.248 e. The maximum absolute atomic E-state index is 13.3. The molecule has 0 radical (unpaired) electrons. The lowest BCUT2D eigenvalue weighted by Crippen LogP contribution is -2.39. The Bertz CT molecular complexity index is 1180. The number of aromatic nitrogens is 2. The fraction of sp³-hybridized carbons (Fsp3) is 0.417. The third-order valence-electron chi connectivity index (χ3n) is 6.06. The molecule has 3 heterocycles. The molecule has 0 amide bonds. The Kier molecular flexibility index (Phi) is 5.99. The Morgan fingerprint density at radius 3 is 2.61 bits per heavy atom. The minimum absolute atomic E-state index is 0.0690. The second kappa shape index (κ2) is 8.55. The van der Waals surface area contributed by atoms with Crippen molar-refractivity contribution >= 4 is 10.0 Å². The fourth-order valence-corrected chi connectivity index (χ4v) is 6.30. The minimum atomic E-state index is -3.65. The highest BCUT2D eigenvalue weighted by Gasteiger charge is 2.35. The van der Waals surface area contributed by atoms with Crippen LogP contribution < -0.4 is 0 Å². The molecule has 31 heavy (non-hydrogen) atoms. The number of sulfonamides is 1. The van der Waals surface area contributed by atoms with Gasteiger partial charge in [0.15, 0.2) is 5.76 Å². The average Bonchev–Trinajstić information content (AvgIpc) is 3.08. The van der Waals surface area contributed by atoms with Gasteiger partial charge in [-0.2, -0.15) is 4.31 Å². The highest BCUT2D eigenvalue weighted by molar-refractivity contribution is 7.89. The van der Waals surface area contributed by atoms with Crippen molar-refractivity contribution < 1.29 is 12.9 Å². The molecular formula is C24H29N3O3S. The molecule has 2 aromatic heterocycles. The average molecular weight is 440 g/mol. The van der Waals surface area contributed by atoms with E-state index in [2.05, 4.69) is 48.5 Å². The predicted molar refractivity (Wildman–Crippen MR) is 120 cm³/mol. The van der Waals surface area contributed by atoms with Crippen LogP contribution in [-0.2, 0) is 16.4 Å². The molecule has 1 aliphatic rings. The monoisotopic (exact) mass is 439 g/mol. The molecule has 0 saturated carbocycles. The summed E-state index contributed by atoms with van der Waals surface area (Å²) in [6.45, 7) is 8.38. The van der Waals surface area contributed by atoms with Gasteiger partial charge in [0, 0.05) is 30.4 Å². The molecule has 1 aromatic carbocycles. The summed E-state index contributed by atoms with van der Waals surface area (Å²) in [6.07, 6.45) is 2.57. The molecule has 1 aliphatic heterocycles. The van der Waals surface area contributed by atoms with Crippen molar-refractivity contribution in [2.24, 2.45) is 0 Å². The second-order valence-electron chi connectivity index (χ2n) is 8.50. The smallest absolute Gasteiger partial charge is 0.248 e. The summed E-state index contributed by atoms with van der Waals surface area (Å²) in [7, 11) is -3.65. The summed E-state index contributed by atoms with van der Waals surface area (Å²) in [4.78, 5) is 4.98. The van der Waals surface area contributed by atoms with Gasteiger partial charge < -0.3 is 4.52 Å². The first-order valence-electron chi connectivity index (χ1n) is 10.7. The summed E-state index contributed by atoms with van der Waals surface area (Å²) in [5.74, 6) is 0.410. The van der Waals surface area contributed by atoms with E-state index in [4.69, 9.17) is 9.51 Å². The molecule has 0 spiro atoms. The van der Waals surface area contributed by atoms with E-state index in [0.29, 0.717) is 24.5 Å². The van der Waals surface area contributed by atoms with Crippen LogP contribution in [0, 0.1) is 27.7 Å². The molecule has 164 valence electrons. The topological polar surface area (TPSA) is 76.3 Å². The summed E-state index contributed by atoms with van der Waals surface area (Å²) in [5, 5.41) is 3.83. The standard InChI is InChI=1S/C24H29N3O3S/c1-16-8-5-6-9-21(16)13-20-12-17(2)25-23(14-20)22-10-7-11-27(15-22)31(28,29)24-18(3)26-30-19(24)4/h5-6,8-9,12,14,22H,7,10-11,13,15H2,1-4H3/t22-/m1/s1. The molecule has 0 bridgehead atoms. The van der Waals surface area contributed by atoms with Crippen molar-refractivity contribution in [1.29, 1.82) is 0 Å². The largest absolute Gasteiger partial charge is 0.360 e. The molecule has 0 unspecified atom stereocenters. The van der Waals surface area contributed by atoms with Crippen molar-refractivity contribution in [3.05, 3.63) is 75.9 Å². The first-order chi connectivity index (χ1) is 14.8. The quantitative estimate of drug-likeness (QED) is 0.587. The number of hydrogen-bond donors (Lipinski definition) is 0. The predicted octanol–water partition coefficient (Wildman–Crippen LogP) is 4.46. The van der Waals surface area contributed by atoms with E-state index in [9.17, 15) is 8.42 Å². The van der Waals surface area contributed by atoms with E-state index in [-0.39, 0.29) is 10.8 Å². The first kappa shape index (κ1) is 21.7. The summed E-state index contributed by atoms with van der Waals surface area (Å²) < 4.78 is 33.3. The Balaban J connectivity index is 1.60. The molecule has 3 aromatic rings. The highest BCUT2D eigenvalue weighted by atomic mass is 32.2. The van der Waals surface area contributed by atoms with Crippen molar-refractivity contribution in [2.45, 2.75) is 57.8 Å². The Hall–Kier alpha value is -2.51. The van der Waals surface area contributed by atoms with Crippen LogP contribution in [0.5, 0.6) is 0 Å². The number of rotatable bonds is 5. The molecule has 0 N–H and O–H groups in total. The number of piperidine rings is 1. The third-order valence-corrected chi connectivity index (χ3v) is 8.17. The van der Waals surface area contributed by atoms with Crippen LogP contribution in [-0.4, -0.2) is 36.0 Å². The fourth-order valence-electron chi connectivity index (χ4n) is 4.48. The summed E-state index contributed by atoms with van der Waals surface area (Å²) in [6, 6.07) is 12.7. The van der Waals surface area contributed by atoms with Crippen LogP contribution in [0.4, 0.5) is 0 Å². The highest BCUT2D eigenvalue weighted by Crippen LogP contribution is 2.32. The molecule has 7 heteroatoms. The Morgan fingerprint density at radius 2 is 1.90 bits per heavy atom.